The van der Waals surface area contributed by atoms with E-state index < -0.39 is 19.2 Å². The van der Waals surface area contributed by atoms with Crippen molar-refractivity contribution in [2.75, 3.05) is 18.5 Å². The molecule has 156 valence electrons. The van der Waals surface area contributed by atoms with Crippen molar-refractivity contribution < 1.29 is 18.0 Å². The van der Waals surface area contributed by atoms with Crippen molar-refractivity contribution in [3.63, 3.8) is 0 Å². The van der Waals surface area contributed by atoms with Gasteiger partial charge in [-0.25, -0.2) is 4.39 Å². The molecule has 28 heavy (non-hydrogen) atoms. The Morgan fingerprint density at radius 1 is 1.11 bits per heavy atom. The van der Waals surface area contributed by atoms with Crippen LogP contribution in [-0.4, -0.2) is 33.4 Å². The number of rotatable bonds is 11. The number of anilines is 1. The van der Waals surface area contributed by atoms with Crippen LogP contribution in [0.5, 0.6) is 0 Å². The summed E-state index contributed by atoms with van der Waals surface area (Å²) in [7, 11) is -3.69. The van der Waals surface area contributed by atoms with Crippen molar-refractivity contribution in [1.29, 1.82) is 0 Å². The average Bonchev–Trinajstić information content (AvgIpc) is 3.11. The van der Waals surface area contributed by atoms with E-state index in [2.05, 4.69) is 20.7 Å². The van der Waals surface area contributed by atoms with Gasteiger partial charge in [-0.3, -0.25) is 4.57 Å². The van der Waals surface area contributed by atoms with Crippen LogP contribution < -0.4 is 5.32 Å². The predicted octanol–water partition coefficient (Wildman–Crippen LogP) is 4.48. The number of tetrazole rings is 1. The van der Waals surface area contributed by atoms with E-state index in [1.807, 2.05) is 34.6 Å². The summed E-state index contributed by atoms with van der Waals surface area (Å²) in [6, 6.07) is 5.69. The van der Waals surface area contributed by atoms with Gasteiger partial charge >= 0.3 is 7.60 Å². The van der Waals surface area contributed by atoms with E-state index >= 15 is 0 Å². The number of halogens is 1. The van der Waals surface area contributed by atoms with E-state index in [0.717, 1.165) is 0 Å². The second-order valence-corrected chi connectivity index (χ2v) is 9.43. The van der Waals surface area contributed by atoms with E-state index in [4.69, 9.17) is 9.05 Å². The van der Waals surface area contributed by atoms with E-state index in [0.29, 0.717) is 12.1 Å². The van der Waals surface area contributed by atoms with Crippen LogP contribution in [0.1, 0.15) is 46.0 Å². The molecule has 1 atom stereocenters. The van der Waals surface area contributed by atoms with Crippen LogP contribution >= 0.6 is 7.60 Å². The van der Waals surface area contributed by atoms with E-state index in [1.165, 1.54) is 16.9 Å². The summed E-state index contributed by atoms with van der Waals surface area (Å²) in [5.41, 5.74) is 0.546. The first-order valence-electron chi connectivity index (χ1n) is 9.42. The summed E-state index contributed by atoms with van der Waals surface area (Å²) in [6.45, 7) is 10.8. The highest BCUT2D eigenvalue weighted by Crippen LogP contribution is 2.61. The molecule has 2 rings (SSSR count). The van der Waals surface area contributed by atoms with Crippen LogP contribution in [0.25, 0.3) is 0 Å². The van der Waals surface area contributed by atoms with Gasteiger partial charge < -0.3 is 14.4 Å². The molecule has 0 radical (unpaired) electrons. The maximum absolute atomic E-state index is 13.8. The molecule has 10 heteroatoms. The highest BCUT2D eigenvalue weighted by molar-refractivity contribution is 7.54. The fourth-order valence-electron chi connectivity index (χ4n) is 2.24. The Morgan fingerprint density at radius 2 is 1.68 bits per heavy atom. The SMILES string of the molecule is CCn1nnc(N[C@H](c2ccc(F)cc2)P(=O)(OCC(C)C)OCC(C)C)n1. The van der Waals surface area contributed by atoms with Crippen molar-refractivity contribution in [2.24, 2.45) is 11.8 Å². The monoisotopic (exact) mass is 413 g/mol. The number of aromatic nitrogens is 4. The molecule has 1 N–H and O–H groups in total. The first-order valence-corrected chi connectivity index (χ1v) is 11.0. The summed E-state index contributed by atoms with van der Waals surface area (Å²) in [5, 5.41) is 15.1. The fraction of sp³-hybridized carbons (Fsp3) is 0.611. The summed E-state index contributed by atoms with van der Waals surface area (Å²) in [4.78, 5) is 1.40. The third-order valence-electron chi connectivity index (χ3n) is 3.68. The van der Waals surface area contributed by atoms with Crippen LogP contribution in [-0.2, 0) is 20.2 Å². The second kappa shape index (κ2) is 10.1. The molecule has 0 aliphatic rings. The lowest BCUT2D eigenvalue weighted by molar-refractivity contribution is 0.168. The number of nitrogens with zero attached hydrogens (tertiary/aromatic N) is 4. The zero-order valence-corrected chi connectivity index (χ0v) is 17.9. The standard InChI is InChI=1S/C18H29FN5O3P/c1-6-24-22-18(21-23-24)20-17(15-7-9-16(19)10-8-15)28(25,26-11-13(2)3)27-12-14(4)5/h7-10,13-14,17H,6,11-12H2,1-5H3,(H,20,22)/t17-/m0/s1. The molecule has 1 heterocycles. The van der Waals surface area contributed by atoms with Crippen molar-refractivity contribution >= 4 is 13.5 Å². The van der Waals surface area contributed by atoms with Gasteiger partial charge in [0.15, 0.2) is 5.78 Å². The average molecular weight is 413 g/mol. The first-order chi connectivity index (χ1) is 13.2. The van der Waals surface area contributed by atoms with E-state index in [9.17, 15) is 8.96 Å². The molecular weight excluding hydrogens is 384 g/mol. The zero-order valence-electron chi connectivity index (χ0n) is 17.0. The van der Waals surface area contributed by atoms with Crippen LogP contribution in [0.3, 0.4) is 0 Å². The van der Waals surface area contributed by atoms with Gasteiger partial charge in [0, 0.05) is 0 Å². The van der Waals surface area contributed by atoms with Crippen molar-refractivity contribution in [1.82, 2.24) is 20.2 Å². The lowest BCUT2D eigenvalue weighted by Gasteiger charge is -2.28. The molecule has 1 aromatic carbocycles. The molecule has 0 amide bonds. The van der Waals surface area contributed by atoms with Crippen molar-refractivity contribution in [3.05, 3.63) is 35.6 Å². The van der Waals surface area contributed by atoms with Gasteiger partial charge in [0.2, 0.25) is 0 Å². The van der Waals surface area contributed by atoms with Gasteiger partial charge in [-0.1, -0.05) is 44.9 Å². The zero-order chi connectivity index (χ0) is 20.7. The maximum atomic E-state index is 13.8. The van der Waals surface area contributed by atoms with Gasteiger partial charge in [0.25, 0.3) is 5.95 Å². The Kier molecular flexibility index (Phi) is 8.10. The van der Waals surface area contributed by atoms with Crippen LogP contribution in [0.15, 0.2) is 24.3 Å². The van der Waals surface area contributed by atoms with Gasteiger partial charge in [-0.05, 0) is 41.7 Å². The van der Waals surface area contributed by atoms with Gasteiger partial charge in [0.05, 0.1) is 19.8 Å². The Hall–Kier alpha value is -1.83. The van der Waals surface area contributed by atoms with Crippen molar-refractivity contribution in [2.45, 2.75) is 46.9 Å². The van der Waals surface area contributed by atoms with Crippen LogP contribution in [0.4, 0.5) is 10.3 Å². The van der Waals surface area contributed by atoms with Crippen LogP contribution in [0.2, 0.25) is 0 Å². The summed E-state index contributed by atoms with van der Waals surface area (Å²) in [6.07, 6.45) is 0. The highest BCUT2D eigenvalue weighted by atomic mass is 31.2. The molecule has 0 fully saturated rings. The number of aryl methyl sites for hydroxylation is 1. The molecular formula is C18H29FN5O3P. The number of benzene rings is 1. The predicted molar refractivity (Wildman–Crippen MR) is 105 cm³/mol. The molecule has 2 aromatic rings. The Morgan fingerprint density at radius 3 is 2.14 bits per heavy atom. The van der Waals surface area contributed by atoms with E-state index in [1.54, 1.807) is 12.1 Å². The topological polar surface area (TPSA) is 91.2 Å². The molecule has 8 nitrogen and oxygen atoms in total. The van der Waals surface area contributed by atoms with E-state index in [-0.39, 0.29) is 31.0 Å². The maximum Gasteiger partial charge on any atom is 0.357 e. The minimum atomic E-state index is -3.69. The summed E-state index contributed by atoms with van der Waals surface area (Å²) < 4.78 is 38.8. The first kappa shape index (κ1) is 22.5. The lowest BCUT2D eigenvalue weighted by atomic mass is 10.2. The number of hydrogen-bond donors (Lipinski definition) is 1. The minimum Gasteiger partial charge on any atom is -0.334 e. The summed E-state index contributed by atoms with van der Waals surface area (Å²) >= 11 is 0. The molecule has 0 aliphatic carbocycles. The largest absolute Gasteiger partial charge is 0.357 e. The number of nitrogens with one attached hydrogen (secondary N) is 1. The summed E-state index contributed by atoms with van der Waals surface area (Å²) in [5.74, 6) is -0.788. The third-order valence-corrected chi connectivity index (χ3v) is 5.76. The lowest BCUT2D eigenvalue weighted by Crippen LogP contribution is -2.18. The smallest absolute Gasteiger partial charge is 0.334 e. The molecule has 0 unspecified atom stereocenters. The van der Waals surface area contributed by atoms with Crippen molar-refractivity contribution in [3.8, 4) is 0 Å². The van der Waals surface area contributed by atoms with Crippen LogP contribution in [0, 0.1) is 17.7 Å². The molecule has 0 bridgehead atoms. The molecule has 1 aromatic heterocycles. The normalized spacial score (nSPS) is 13.3. The third kappa shape index (κ3) is 6.36. The Bertz CT molecular complexity index is 766. The highest BCUT2D eigenvalue weighted by Gasteiger charge is 2.39. The minimum absolute atomic E-state index is 0.156. The molecule has 0 saturated heterocycles. The molecule has 0 spiro atoms. The Labute approximate surface area is 165 Å². The molecule has 0 saturated carbocycles. The quantitative estimate of drug-likeness (QED) is 0.543. The molecule has 0 aliphatic heterocycles. The van der Waals surface area contributed by atoms with Gasteiger partial charge in [-0.15, -0.1) is 5.10 Å². The van der Waals surface area contributed by atoms with Gasteiger partial charge in [0.1, 0.15) is 5.82 Å². The van der Waals surface area contributed by atoms with Gasteiger partial charge in [-0.2, -0.15) is 4.80 Å². The fourth-order valence-corrected chi connectivity index (χ4v) is 4.43. The Balaban J connectivity index is 2.40. The number of hydrogen-bond acceptors (Lipinski definition) is 7. The second-order valence-electron chi connectivity index (χ2n) is 7.32.